The Labute approximate surface area is 64.9 Å². The first-order valence-electron chi connectivity index (χ1n) is 3.41. The van der Waals surface area contributed by atoms with Gasteiger partial charge in [0.2, 0.25) is 0 Å². The highest BCUT2D eigenvalue weighted by molar-refractivity contribution is 5.81. The van der Waals surface area contributed by atoms with E-state index < -0.39 is 12.0 Å². The van der Waals surface area contributed by atoms with Gasteiger partial charge in [0.05, 0.1) is 0 Å². The summed E-state index contributed by atoms with van der Waals surface area (Å²) in [5.74, 6) is -0.448. The lowest BCUT2D eigenvalue weighted by Gasteiger charge is -2.02. The summed E-state index contributed by atoms with van der Waals surface area (Å²) in [6, 6.07) is 8.42. The van der Waals surface area contributed by atoms with Crippen molar-refractivity contribution in [3.05, 3.63) is 35.9 Å². The Kier molecular flexibility index (Phi) is 2.36. The maximum atomic E-state index is 12.9. The van der Waals surface area contributed by atoms with Gasteiger partial charge < -0.3 is 0 Å². The number of carbonyl (C=O) groups is 1. The summed E-state index contributed by atoms with van der Waals surface area (Å²) in [5, 5.41) is 0. The molecule has 1 nitrogen and oxygen atoms in total. The second kappa shape index (κ2) is 3.28. The van der Waals surface area contributed by atoms with Crippen LogP contribution in [-0.4, -0.2) is 5.78 Å². The molecule has 0 fully saturated rings. The minimum Gasteiger partial charge on any atom is -0.296 e. The Hall–Kier alpha value is -1.18. The monoisotopic (exact) mass is 152 g/mol. The average molecular weight is 152 g/mol. The molecular weight excluding hydrogens is 143 g/mol. The zero-order valence-corrected chi connectivity index (χ0v) is 6.25. The third-order valence-electron chi connectivity index (χ3n) is 1.45. The first-order valence-corrected chi connectivity index (χ1v) is 3.41. The molecule has 2 heteroatoms. The minimum atomic E-state index is -1.46. The van der Waals surface area contributed by atoms with E-state index in [2.05, 4.69) is 0 Å². The van der Waals surface area contributed by atoms with Crippen LogP contribution in [0, 0.1) is 0 Å². The summed E-state index contributed by atoms with van der Waals surface area (Å²) in [6.45, 7) is 1.25. The van der Waals surface area contributed by atoms with Crippen molar-refractivity contribution < 1.29 is 9.18 Å². The van der Waals surface area contributed by atoms with Crippen molar-refractivity contribution in [2.75, 3.05) is 0 Å². The van der Waals surface area contributed by atoms with E-state index >= 15 is 0 Å². The van der Waals surface area contributed by atoms with Gasteiger partial charge in [-0.2, -0.15) is 0 Å². The average Bonchev–Trinajstić information content (AvgIpc) is 2.05. The molecule has 0 aromatic heterocycles. The van der Waals surface area contributed by atoms with Crippen LogP contribution in [0.15, 0.2) is 30.3 Å². The molecule has 1 aromatic carbocycles. The molecule has 0 aliphatic carbocycles. The van der Waals surface area contributed by atoms with Crippen LogP contribution in [0.3, 0.4) is 0 Å². The number of hydrogen-bond donors (Lipinski definition) is 0. The Morgan fingerprint density at radius 1 is 1.36 bits per heavy atom. The van der Waals surface area contributed by atoms with E-state index in [0.717, 1.165) is 0 Å². The van der Waals surface area contributed by atoms with Gasteiger partial charge >= 0.3 is 0 Å². The molecule has 0 saturated carbocycles. The van der Waals surface area contributed by atoms with Gasteiger partial charge in [-0.1, -0.05) is 30.3 Å². The van der Waals surface area contributed by atoms with Crippen molar-refractivity contribution in [3.63, 3.8) is 0 Å². The van der Waals surface area contributed by atoms with E-state index in [-0.39, 0.29) is 0 Å². The topological polar surface area (TPSA) is 17.1 Å². The van der Waals surface area contributed by atoms with Crippen LogP contribution in [0.2, 0.25) is 0 Å². The summed E-state index contributed by atoms with van der Waals surface area (Å²) in [4.78, 5) is 10.6. The van der Waals surface area contributed by atoms with Crippen molar-refractivity contribution in [1.29, 1.82) is 0 Å². The number of benzene rings is 1. The third kappa shape index (κ3) is 1.87. The smallest absolute Gasteiger partial charge is 0.183 e. The highest BCUT2D eigenvalue weighted by Gasteiger charge is 2.13. The maximum absolute atomic E-state index is 12.9. The van der Waals surface area contributed by atoms with E-state index in [1.54, 1.807) is 30.3 Å². The van der Waals surface area contributed by atoms with E-state index in [1.165, 1.54) is 6.92 Å². The Morgan fingerprint density at radius 3 is 2.36 bits per heavy atom. The van der Waals surface area contributed by atoms with Crippen LogP contribution in [0.5, 0.6) is 0 Å². The quantitative estimate of drug-likeness (QED) is 0.635. The number of carbonyl (C=O) groups excluding carboxylic acids is 1. The van der Waals surface area contributed by atoms with Crippen LogP contribution >= 0.6 is 0 Å². The highest BCUT2D eigenvalue weighted by atomic mass is 19.1. The third-order valence-corrected chi connectivity index (χ3v) is 1.45. The van der Waals surface area contributed by atoms with Crippen molar-refractivity contribution in [2.45, 2.75) is 13.1 Å². The second-order valence-corrected chi connectivity index (χ2v) is 2.38. The zero-order chi connectivity index (χ0) is 8.27. The molecule has 0 spiro atoms. The largest absolute Gasteiger partial charge is 0.296 e. The molecule has 1 aromatic rings. The summed E-state index contributed by atoms with van der Waals surface area (Å²) >= 11 is 0. The van der Waals surface area contributed by atoms with E-state index in [0.29, 0.717) is 5.56 Å². The summed E-state index contributed by atoms with van der Waals surface area (Å²) in [7, 11) is 0. The maximum Gasteiger partial charge on any atom is 0.183 e. The number of hydrogen-bond acceptors (Lipinski definition) is 1. The van der Waals surface area contributed by atoms with Crippen LogP contribution in [-0.2, 0) is 4.79 Å². The highest BCUT2D eigenvalue weighted by Crippen LogP contribution is 2.16. The standard InChI is InChI=1S/C9H9FO/c1-7(11)9(10)8-5-3-2-4-6-8/h2-6,9H,1H3. The number of Topliss-reactive ketones (excluding diaryl/α,β-unsaturated/α-hetero) is 1. The second-order valence-electron chi connectivity index (χ2n) is 2.38. The lowest BCUT2D eigenvalue weighted by atomic mass is 10.1. The van der Waals surface area contributed by atoms with Crippen molar-refractivity contribution >= 4 is 5.78 Å². The number of rotatable bonds is 2. The zero-order valence-electron chi connectivity index (χ0n) is 6.25. The van der Waals surface area contributed by atoms with Gasteiger partial charge in [0, 0.05) is 0 Å². The first kappa shape index (κ1) is 7.92. The number of halogens is 1. The fourth-order valence-corrected chi connectivity index (χ4v) is 0.857. The van der Waals surface area contributed by atoms with E-state index in [9.17, 15) is 9.18 Å². The van der Waals surface area contributed by atoms with Gasteiger partial charge in [0.15, 0.2) is 12.0 Å². The molecular formula is C9H9FO. The Morgan fingerprint density at radius 2 is 1.91 bits per heavy atom. The molecule has 11 heavy (non-hydrogen) atoms. The Balaban J connectivity index is 2.85. The van der Waals surface area contributed by atoms with Gasteiger partial charge in [-0.3, -0.25) is 4.79 Å². The summed E-state index contributed by atoms with van der Waals surface area (Å²) in [6.07, 6.45) is -1.46. The molecule has 0 heterocycles. The summed E-state index contributed by atoms with van der Waals surface area (Å²) in [5.41, 5.74) is 0.431. The lowest BCUT2D eigenvalue weighted by Crippen LogP contribution is -2.01. The minimum absolute atomic E-state index is 0.431. The molecule has 0 saturated heterocycles. The molecule has 1 atom stereocenters. The van der Waals surface area contributed by atoms with Crippen molar-refractivity contribution in [1.82, 2.24) is 0 Å². The van der Waals surface area contributed by atoms with Crippen LogP contribution < -0.4 is 0 Å². The molecule has 0 N–H and O–H groups in total. The Bertz CT molecular complexity index is 243. The lowest BCUT2D eigenvalue weighted by molar-refractivity contribution is -0.121. The van der Waals surface area contributed by atoms with Gasteiger partial charge in [0.25, 0.3) is 0 Å². The molecule has 0 bridgehead atoms. The fraction of sp³-hybridized carbons (Fsp3) is 0.222. The van der Waals surface area contributed by atoms with Crippen LogP contribution in [0.25, 0.3) is 0 Å². The van der Waals surface area contributed by atoms with Crippen LogP contribution in [0.4, 0.5) is 4.39 Å². The van der Waals surface area contributed by atoms with Crippen molar-refractivity contribution in [3.8, 4) is 0 Å². The molecule has 0 amide bonds. The first-order chi connectivity index (χ1) is 5.22. The number of ketones is 1. The molecule has 58 valence electrons. The normalized spacial score (nSPS) is 12.5. The molecule has 1 unspecified atom stereocenters. The fourth-order valence-electron chi connectivity index (χ4n) is 0.857. The van der Waals surface area contributed by atoms with Crippen LogP contribution in [0.1, 0.15) is 18.7 Å². The van der Waals surface area contributed by atoms with Gasteiger partial charge in [-0.05, 0) is 12.5 Å². The SMILES string of the molecule is CC(=O)C(F)c1ccccc1. The molecule has 0 aliphatic heterocycles. The van der Waals surface area contributed by atoms with Crippen molar-refractivity contribution in [2.24, 2.45) is 0 Å². The van der Waals surface area contributed by atoms with E-state index in [4.69, 9.17) is 0 Å². The van der Waals surface area contributed by atoms with Gasteiger partial charge in [-0.15, -0.1) is 0 Å². The number of alkyl halides is 1. The molecule has 0 aliphatic rings. The predicted molar refractivity (Wildman–Crippen MR) is 41.0 cm³/mol. The van der Waals surface area contributed by atoms with E-state index in [1.807, 2.05) is 0 Å². The summed E-state index contributed by atoms with van der Waals surface area (Å²) < 4.78 is 12.9. The van der Waals surface area contributed by atoms with Gasteiger partial charge in [0.1, 0.15) is 0 Å². The molecule has 0 radical (unpaired) electrons. The molecule has 1 rings (SSSR count). The van der Waals surface area contributed by atoms with Gasteiger partial charge in [-0.25, -0.2) is 4.39 Å². The predicted octanol–water partition coefficient (Wildman–Crippen LogP) is 2.29.